The quantitative estimate of drug-likeness (QED) is 0.727. The fraction of sp³-hybridized carbons (Fsp3) is 0.533. The summed E-state index contributed by atoms with van der Waals surface area (Å²) >= 11 is 0. The molecule has 0 radical (unpaired) electrons. The molecule has 0 N–H and O–H groups in total. The van der Waals surface area contributed by atoms with E-state index in [0.29, 0.717) is 11.7 Å². The van der Waals surface area contributed by atoms with Crippen LogP contribution in [0.3, 0.4) is 0 Å². The molecule has 17 heavy (non-hydrogen) atoms. The summed E-state index contributed by atoms with van der Waals surface area (Å²) in [6.07, 6.45) is 4.60. The molecule has 2 aliphatic carbocycles. The Labute approximate surface area is 101 Å². The molecular formula is C15H16O2. The monoisotopic (exact) mass is 228 g/mol. The van der Waals surface area contributed by atoms with Crippen LogP contribution in [0.1, 0.15) is 35.2 Å². The Balaban J connectivity index is 1.59. The third-order valence-corrected chi connectivity index (χ3v) is 4.59. The molecule has 2 saturated carbocycles. The van der Waals surface area contributed by atoms with Crippen molar-refractivity contribution < 1.29 is 9.53 Å². The number of ether oxygens (including phenoxy) is 1. The first-order valence-corrected chi connectivity index (χ1v) is 6.61. The van der Waals surface area contributed by atoms with E-state index in [-0.39, 0.29) is 0 Å². The lowest BCUT2D eigenvalue weighted by Crippen LogP contribution is -2.13. The number of fused-ring (bicyclic) bond motifs is 2. The van der Waals surface area contributed by atoms with E-state index in [1.165, 1.54) is 12.0 Å². The van der Waals surface area contributed by atoms with Gasteiger partial charge >= 0.3 is 0 Å². The fourth-order valence-corrected chi connectivity index (χ4v) is 3.50. The smallest absolute Gasteiger partial charge is 0.165 e. The second-order valence-corrected chi connectivity index (χ2v) is 5.71. The lowest BCUT2D eigenvalue weighted by atomic mass is 9.92. The minimum Gasteiger partial charge on any atom is -0.493 e. The zero-order valence-electron chi connectivity index (χ0n) is 9.82. The van der Waals surface area contributed by atoms with Crippen LogP contribution in [-0.2, 0) is 6.42 Å². The van der Waals surface area contributed by atoms with Crippen molar-refractivity contribution in [3.8, 4) is 5.75 Å². The maximum absolute atomic E-state index is 12.4. The summed E-state index contributed by atoms with van der Waals surface area (Å²) in [6.45, 7) is 0.764. The highest BCUT2D eigenvalue weighted by Crippen LogP contribution is 2.55. The molecule has 1 aromatic rings. The molecule has 1 heterocycles. The van der Waals surface area contributed by atoms with Crippen LogP contribution in [0.15, 0.2) is 18.2 Å². The summed E-state index contributed by atoms with van der Waals surface area (Å²) in [7, 11) is 0. The summed E-state index contributed by atoms with van der Waals surface area (Å²) in [5, 5.41) is 0. The number of ketones is 1. The summed E-state index contributed by atoms with van der Waals surface area (Å²) in [5.74, 6) is 3.39. The molecule has 0 amide bonds. The van der Waals surface area contributed by atoms with E-state index >= 15 is 0 Å². The highest BCUT2D eigenvalue weighted by atomic mass is 16.5. The largest absolute Gasteiger partial charge is 0.493 e. The Hall–Kier alpha value is -1.31. The van der Waals surface area contributed by atoms with E-state index in [1.54, 1.807) is 0 Å². The van der Waals surface area contributed by atoms with Crippen LogP contribution in [-0.4, -0.2) is 12.4 Å². The molecule has 2 heteroatoms. The number of rotatable bonds is 2. The molecule has 88 valence electrons. The molecule has 2 fully saturated rings. The number of carbonyl (C=O) groups excluding carboxylic acids is 1. The van der Waals surface area contributed by atoms with E-state index < -0.39 is 0 Å². The van der Waals surface area contributed by atoms with Gasteiger partial charge in [-0.1, -0.05) is 0 Å². The first-order chi connectivity index (χ1) is 8.31. The van der Waals surface area contributed by atoms with E-state index in [4.69, 9.17) is 4.74 Å². The van der Waals surface area contributed by atoms with Gasteiger partial charge in [0.15, 0.2) is 5.78 Å². The van der Waals surface area contributed by atoms with E-state index in [0.717, 1.165) is 49.0 Å². The van der Waals surface area contributed by atoms with Crippen molar-refractivity contribution in [1.82, 2.24) is 0 Å². The third kappa shape index (κ3) is 1.50. The second-order valence-electron chi connectivity index (χ2n) is 5.71. The van der Waals surface area contributed by atoms with Gasteiger partial charge in [-0.05, 0) is 54.9 Å². The molecule has 0 aromatic heterocycles. The second kappa shape index (κ2) is 3.34. The minimum absolute atomic E-state index is 0.305. The third-order valence-electron chi connectivity index (χ3n) is 4.59. The zero-order chi connectivity index (χ0) is 11.4. The van der Waals surface area contributed by atoms with Gasteiger partial charge in [-0.2, -0.15) is 0 Å². The highest BCUT2D eigenvalue weighted by Gasteiger charge is 2.48. The van der Waals surface area contributed by atoms with Gasteiger partial charge in [0.1, 0.15) is 5.75 Å². The molecule has 2 unspecified atom stereocenters. The molecule has 0 saturated heterocycles. The van der Waals surface area contributed by atoms with Crippen molar-refractivity contribution in [3.63, 3.8) is 0 Å². The van der Waals surface area contributed by atoms with Crippen LogP contribution >= 0.6 is 0 Å². The number of carbonyl (C=O) groups is 1. The number of Topliss-reactive ketones (excluding diaryl/α,β-unsaturated/α-hetero) is 1. The molecule has 0 bridgehead atoms. The molecule has 4 rings (SSSR count). The number of hydrogen-bond acceptors (Lipinski definition) is 2. The Morgan fingerprint density at radius 3 is 2.82 bits per heavy atom. The van der Waals surface area contributed by atoms with Gasteiger partial charge in [-0.25, -0.2) is 0 Å². The van der Waals surface area contributed by atoms with Gasteiger partial charge < -0.3 is 4.74 Å². The molecule has 0 spiro atoms. The van der Waals surface area contributed by atoms with Crippen molar-refractivity contribution in [3.05, 3.63) is 29.3 Å². The maximum atomic E-state index is 12.4. The average molecular weight is 228 g/mol. The Kier molecular flexibility index (Phi) is 1.91. The zero-order valence-corrected chi connectivity index (χ0v) is 9.82. The van der Waals surface area contributed by atoms with Gasteiger partial charge in [0.2, 0.25) is 0 Å². The number of hydrogen-bond donors (Lipinski definition) is 0. The van der Waals surface area contributed by atoms with Crippen LogP contribution in [0.5, 0.6) is 5.75 Å². The van der Waals surface area contributed by atoms with Crippen molar-refractivity contribution in [2.75, 3.05) is 6.61 Å². The average Bonchev–Trinajstić information content (AvgIpc) is 2.82. The number of benzene rings is 1. The van der Waals surface area contributed by atoms with E-state index in [2.05, 4.69) is 6.07 Å². The van der Waals surface area contributed by atoms with Gasteiger partial charge in [-0.15, -0.1) is 0 Å². The van der Waals surface area contributed by atoms with Gasteiger partial charge in [-0.3, -0.25) is 4.79 Å². The summed E-state index contributed by atoms with van der Waals surface area (Å²) < 4.78 is 5.47. The van der Waals surface area contributed by atoms with E-state index in [9.17, 15) is 4.79 Å². The van der Waals surface area contributed by atoms with Gasteiger partial charge in [0, 0.05) is 17.9 Å². The molecule has 3 aliphatic rings. The standard InChI is InChI=1S/C15H16O2/c16-15(13-7-11-6-12(11)8-13)10-1-2-14-9(5-10)3-4-17-14/h1-2,5,11-13H,3-4,6-8H2. The van der Waals surface area contributed by atoms with Crippen LogP contribution in [0.4, 0.5) is 0 Å². The Bertz CT molecular complexity index is 482. The first-order valence-electron chi connectivity index (χ1n) is 6.61. The lowest BCUT2D eigenvalue weighted by molar-refractivity contribution is 0.0914. The lowest BCUT2D eigenvalue weighted by Gasteiger charge is -2.11. The summed E-state index contributed by atoms with van der Waals surface area (Å²) in [5.41, 5.74) is 2.11. The molecule has 2 nitrogen and oxygen atoms in total. The predicted octanol–water partition coefficient (Wildman–Crippen LogP) is 2.85. The van der Waals surface area contributed by atoms with Gasteiger partial charge in [0.25, 0.3) is 0 Å². The normalized spacial score (nSPS) is 32.8. The summed E-state index contributed by atoms with van der Waals surface area (Å²) in [6, 6.07) is 5.95. The Morgan fingerprint density at radius 1 is 1.18 bits per heavy atom. The Morgan fingerprint density at radius 2 is 2.00 bits per heavy atom. The van der Waals surface area contributed by atoms with Crippen LogP contribution in [0.25, 0.3) is 0 Å². The first kappa shape index (κ1) is 9.69. The van der Waals surface area contributed by atoms with Crippen molar-refractivity contribution in [2.45, 2.75) is 25.7 Å². The molecule has 1 aliphatic heterocycles. The van der Waals surface area contributed by atoms with Crippen LogP contribution in [0.2, 0.25) is 0 Å². The fourth-order valence-electron chi connectivity index (χ4n) is 3.50. The van der Waals surface area contributed by atoms with Crippen molar-refractivity contribution in [2.24, 2.45) is 17.8 Å². The minimum atomic E-state index is 0.305. The highest BCUT2D eigenvalue weighted by molar-refractivity contribution is 5.98. The van der Waals surface area contributed by atoms with Crippen LogP contribution < -0.4 is 4.74 Å². The van der Waals surface area contributed by atoms with Gasteiger partial charge in [0.05, 0.1) is 6.61 Å². The predicted molar refractivity (Wildman–Crippen MR) is 64.3 cm³/mol. The van der Waals surface area contributed by atoms with Crippen molar-refractivity contribution in [1.29, 1.82) is 0 Å². The summed E-state index contributed by atoms with van der Waals surface area (Å²) in [4.78, 5) is 12.4. The topological polar surface area (TPSA) is 26.3 Å². The molecule has 2 atom stereocenters. The molecular weight excluding hydrogens is 212 g/mol. The molecule has 1 aromatic carbocycles. The van der Waals surface area contributed by atoms with E-state index in [1.807, 2.05) is 12.1 Å². The SMILES string of the molecule is O=C(c1ccc2c(c1)CCO2)C1CC2CC2C1. The van der Waals surface area contributed by atoms with Crippen molar-refractivity contribution >= 4 is 5.78 Å². The maximum Gasteiger partial charge on any atom is 0.165 e. The van der Waals surface area contributed by atoms with Crippen LogP contribution in [0, 0.1) is 17.8 Å².